The Kier molecular flexibility index (Phi) is 4.59. The van der Waals surface area contributed by atoms with E-state index in [1.807, 2.05) is 30.9 Å². The molecule has 2 aromatic carbocycles. The summed E-state index contributed by atoms with van der Waals surface area (Å²) in [5.41, 5.74) is 3.79. The van der Waals surface area contributed by atoms with E-state index in [2.05, 4.69) is 52.9 Å². The third kappa shape index (κ3) is 3.58. The summed E-state index contributed by atoms with van der Waals surface area (Å²) in [6, 6.07) is 16.8. The van der Waals surface area contributed by atoms with Gasteiger partial charge in [-0.25, -0.2) is 4.98 Å². The van der Waals surface area contributed by atoms with Gasteiger partial charge in [0.05, 0.1) is 6.33 Å². The minimum atomic E-state index is 0.529. The standard InChI is InChI=1S/C19H19ClN2/c1-15(10-12-22-13-11-21-14-22)16-2-4-17(5-3-16)18-6-8-19(20)9-7-18/h2-9,11,13-15H,10,12H2,1H3. The summed E-state index contributed by atoms with van der Waals surface area (Å²) in [5, 5.41) is 0.772. The van der Waals surface area contributed by atoms with Crippen molar-refractivity contribution in [1.29, 1.82) is 0 Å². The van der Waals surface area contributed by atoms with Crippen molar-refractivity contribution < 1.29 is 0 Å². The SMILES string of the molecule is CC(CCn1ccnc1)c1ccc(-c2ccc(Cl)cc2)cc1. The summed E-state index contributed by atoms with van der Waals surface area (Å²) in [5.74, 6) is 0.529. The second kappa shape index (κ2) is 6.80. The molecular weight excluding hydrogens is 292 g/mol. The molecule has 3 heteroatoms. The van der Waals surface area contributed by atoms with Gasteiger partial charge in [0.15, 0.2) is 0 Å². The molecule has 0 bridgehead atoms. The van der Waals surface area contributed by atoms with Gasteiger partial charge in [-0.3, -0.25) is 0 Å². The number of nitrogens with zero attached hydrogens (tertiary/aromatic N) is 2. The minimum Gasteiger partial charge on any atom is -0.337 e. The first-order chi connectivity index (χ1) is 10.7. The van der Waals surface area contributed by atoms with Crippen LogP contribution in [0.2, 0.25) is 5.02 Å². The molecule has 0 spiro atoms. The molecule has 22 heavy (non-hydrogen) atoms. The molecule has 1 aromatic heterocycles. The zero-order valence-corrected chi connectivity index (χ0v) is 13.4. The molecule has 0 saturated carbocycles. The minimum absolute atomic E-state index is 0.529. The fraction of sp³-hybridized carbons (Fsp3) is 0.211. The Morgan fingerprint density at radius 2 is 1.64 bits per heavy atom. The van der Waals surface area contributed by atoms with E-state index in [0.717, 1.165) is 18.0 Å². The van der Waals surface area contributed by atoms with E-state index in [1.54, 1.807) is 0 Å². The van der Waals surface area contributed by atoms with E-state index in [-0.39, 0.29) is 0 Å². The summed E-state index contributed by atoms with van der Waals surface area (Å²) < 4.78 is 2.12. The first-order valence-electron chi connectivity index (χ1n) is 7.54. The van der Waals surface area contributed by atoms with Gasteiger partial charge in [-0.05, 0) is 41.2 Å². The first kappa shape index (κ1) is 14.9. The maximum absolute atomic E-state index is 5.94. The molecule has 3 rings (SSSR count). The number of rotatable bonds is 5. The van der Waals surface area contributed by atoms with Gasteiger partial charge in [0.25, 0.3) is 0 Å². The highest BCUT2D eigenvalue weighted by atomic mass is 35.5. The lowest BCUT2D eigenvalue weighted by molar-refractivity contribution is 0.576. The van der Waals surface area contributed by atoms with Crippen molar-refractivity contribution >= 4 is 11.6 Å². The average Bonchev–Trinajstić information content (AvgIpc) is 3.07. The van der Waals surface area contributed by atoms with E-state index in [0.29, 0.717) is 5.92 Å². The van der Waals surface area contributed by atoms with Gasteiger partial charge in [-0.2, -0.15) is 0 Å². The van der Waals surface area contributed by atoms with Crippen LogP contribution in [-0.4, -0.2) is 9.55 Å². The number of hydrogen-bond donors (Lipinski definition) is 0. The largest absolute Gasteiger partial charge is 0.337 e. The zero-order chi connectivity index (χ0) is 15.4. The molecule has 0 radical (unpaired) electrons. The zero-order valence-electron chi connectivity index (χ0n) is 12.6. The van der Waals surface area contributed by atoms with Crippen molar-refractivity contribution in [3.8, 4) is 11.1 Å². The summed E-state index contributed by atoms with van der Waals surface area (Å²) in [4.78, 5) is 4.08. The van der Waals surface area contributed by atoms with Gasteiger partial charge in [0.1, 0.15) is 0 Å². The maximum atomic E-state index is 5.94. The Bertz CT molecular complexity index is 700. The molecular formula is C19H19ClN2. The molecule has 0 amide bonds. The van der Waals surface area contributed by atoms with E-state index in [1.165, 1.54) is 16.7 Å². The van der Waals surface area contributed by atoms with Crippen molar-refractivity contribution in [3.05, 3.63) is 77.8 Å². The van der Waals surface area contributed by atoms with Crippen LogP contribution in [0, 0.1) is 0 Å². The normalized spacial score (nSPS) is 12.3. The van der Waals surface area contributed by atoms with Crippen LogP contribution in [0.25, 0.3) is 11.1 Å². The lowest BCUT2D eigenvalue weighted by atomic mass is 9.95. The maximum Gasteiger partial charge on any atom is 0.0945 e. The van der Waals surface area contributed by atoms with E-state index >= 15 is 0 Å². The molecule has 112 valence electrons. The van der Waals surface area contributed by atoms with E-state index in [9.17, 15) is 0 Å². The van der Waals surface area contributed by atoms with Gasteiger partial charge in [0.2, 0.25) is 0 Å². The van der Waals surface area contributed by atoms with Crippen LogP contribution in [0.15, 0.2) is 67.3 Å². The molecule has 0 aliphatic heterocycles. The number of aromatic nitrogens is 2. The summed E-state index contributed by atoms with van der Waals surface area (Å²) in [7, 11) is 0. The molecule has 0 N–H and O–H groups in total. The van der Waals surface area contributed by atoms with Crippen molar-refractivity contribution in [3.63, 3.8) is 0 Å². The van der Waals surface area contributed by atoms with Crippen molar-refractivity contribution in [1.82, 2.24) is 9.55 Å². The average molecular weight is 311 g/mol. The van der Waals surface area contributed by atoms with Crippen LogP contribution in [-0.2, 0) is 6.54 Å². The molecule has 1 atom stereocenters. The van der Waals surface area contributed by atoms with Crippen LogP contribution in [0.3, 0.4) is 0 Å². The fourth-order valence-electron chi connectivity index (χ4n) is 2.57. The third-order valence-electron chi connectivity index (χ3n) is 4.04. The molecule has 0 aliphatic carbocycles. The Hall–Kier alpha value is -2.06. The van der Waals surface area contributed by atoms with E-state index in [4.69, 9.17) is 11.6 Å². The number of halogens is 1. The van der Waals surface area contributed by atoms with Crippen molar-refractivity contribution in [2.24, 2.45) is 0 Å². The Morgan fingerprint density at radius 3 is 2.23 bits per heavy atom. The number of hydrogen-bond acceptors (Lipinski definition) is 1. The summed E-state index contributed by atoms with van der Waals surface area (Å²) in [6.45, 7) is 3.27. The molecule has 0 fully saturated rings. The molecule has 2 nitrogen and oxygen atoms in total. The van der Waals surface area contributed by atoms with Crippen LogP contribution in [0.5, 0.6) is 0 Å². The molecule has 1 unspecified atom stereocenters. The highest BCUT2D eigenvalue weighted by molar-refractivity contribution is 6.30. The van der Waals surface area contributed by atoms with Crippen molar-refractivity contribution in [2.75, 3.05) is 0 Å². The highest BCUT2D eigenvalue weighted by Gasteiger charge is 2.06. The Morgan fingerprint density at radius 1 is 1.00 bits per heavy atom. The number of imidazole rings is 1. The molecule has 0 aliphatic rings. The summed E-state index contributed by atoms with van der Waals surface area (Å²) in [6.07, 6.45) is 6.81. The lowest BCUT2D eigenvalue weighted by Gasteiger charge is -2.13. The van der Waals surface area contributed by atoms with Gasteiger partial charge >= 0.3 is 0 Å². The van der Waals surface area contributed by atoms with Crippen LogP contribution in [0.1, 0.15) is 24.8 Å². The lowest BCUT2D eigenvalue weighted by Crippen LogP contribution is -2.01. The molecule has 1 heterocycles. The Balaban J connectivity index is 1.66. The smallest absolute Gasteiger partial charge is 0.0945 e. The number of benzene rings is 2. The third-order valence-corrected chi connectivity index (χ3v) is 4.29. The first-order valence-corrected chi connectivity index (χ1v) is 7.92. The van der Waals surface area contributed by atoms with Crippen molar-refractivity contribution in [2.45, 2.75) is 25.8 Å². The Labute approximate surface area is 136 Å². The van der Waals surface area contributed by atoms with Crippen LogP contribution in [0.4, 0.5) is 0 Å². The number of aryl methyl sites for hydroxylation is 1. The predicted molar refractivity (Wildman–Crippen MR) is 92.1 cm³/mol. The highest BCUT2D eigenvalue weighted by Crippen LogP contribution is 2.25. The van der Waals surface area contributed by atoms with Gasteiger partial charge in [-0.1, -0.05) is 54.9 Å². The second-order valence-corrected chi connectivity index (χ2v) is 6.06. The predicted octanol–water partition coefficient (Wildman–Crippen LogP) is 5.40. The summed E-state index contributed by atoms with van der Waals surface area (Å²) >= 11 is 5.94. The van der Waals surface area contributed by atoms with Gasteiger partial charge in [0, 0.05) is 24.0 Å². The second-order valence-electron chi connectivity index (χ2n) is 5.62. The van der Waals surface area contributed by atoms with E-state index < -0.39 is 0 Å². The quantitative estimate of drug-likeness (QED) is 0.617. The molecule has 0 saturated heterocycles. The molecule has 3 aromatic rings. The van der Waals surface area contributed by atoms with Gasteiger partial charge in [-0.15, -0.1) is 0 Å². The van der Waals surface area contributed by atoms with Gasteiger partial charge < -0.3 is 4.57 Å². The monoisotopic (exact) mass is 310 g/mol. The van der Waals surface area contributed by atoms with Crippen LogP contribution < -0.4 is 0 Å². The topological polar surface area (TPSA) is 17.8 Å². The van der Waals surface area contributed by atoms with Crippen LogP contribution >= 0.6 is 11.6 Å². The fourth-order valence-corrected chi connectivity index (χ4v) is 2.70.